The number of aromatic nitrogens is 4. The molecule has 3 N–H and O–H groups in total. The normalized spacial score (nSPS) is 26.3. The van der Waals surface area contributed by atoms with Crippen LogP contribution in [0, 0.1) is 17.8 Å². The number of fused-ring (bicyclic) bond motifs is 3. The Morgan fingerprint density at radius 2 is 1.70 bits per heavy atom. The number of pyridine rings is 1. The number of hydrogen-bond acceptors (Lipinski definition) is 8. The van der Waals surface area contributed by atoms with Crippen molar-refractivity contribution in [3.8, 4) is 0 Å². The minimum atomic E-state index is -0.647. The standard InChI is InChI=1S/C32H42N8O3/c1-38(2)30(42)26-13-21-15-35-31(37-28(21)40(26)25-7-5-3-4-6-8-25)36-27-12-9-20(14-34-27)29(41)39-18-23-16-33-17-24(19-39)32(23,43)22-10-11-22/h9,12-15,22-25,33,43H,3-8,10-11,16-19H2,1-2H3,(H,34,35,36,37)/t23-,24?,32?/m0/s1. The van der Waals surface area contributed by atoms with Crippen molar-refractivity contribution in [1.29, 1.82) is 0 Å². The minimum Gasteiger partial charge on any atom is -0.389 e. The molecule has 4 aliphatic rings. The molecule has 2 unspecified atom stereocenters. The molecule has 2 aliphatic carbocycles. The number of amides is 2. The van der Waals surface area contributed by atoms with Crippen molar-refractivity contribution in [3.05, 3.63) is 41.9 Å². The van der Waals surface area contributed by atoms with Crippen LogP contribution in [0.15, 0.2) is 30.6 Å². The van der Waals surface area contributed by atoms with E-state index >= 15 is 0 Å². The summed E-state index contributed by atoms with van der Waals surface area (Å²) in [4.78, 5) is 44.0. The summed E-state index contributed by atoms with van der Waals surface area (Å²) >= 11 is 0. The van der Waals surface area contributed by atoms with Crippen LogP contribution >= 0.6 is 0 Å². The lowest BCUT2D eigenvalue weighted by atomic mass is 9.68. The Kier molecular flexibility index (Phi) is 7.33. The van der Waals surface area contributed by atoms with E-state index < -0.39 is 5.60 Å². The molecule has 3 aromatic heterocycles. The van der Waals surface area contributed by atoms with E-state index in [-0.39, 0.29) is 29.7 Å². The number of nitrogens with zero attached hydrogens (tertiary/aromatic N) is 6. The summed E-state index contributed by atoms with van der Waals surface area (Å²) < 4.78 is 2.12. The molecule has 5 heterocycles. The zero-order valence-electron chi connectivity index (χ0n) is 25.1. The number of carbonyl (C=O) groups is 2. The quantitative estimate of drug-likeness (QED) is 0.374. The predicted molar refractivity (Wildman–Crippen MR) is 163 cm³/mol. The van der Waals surface area contributed by atoms with Gasteiger partial charge in [0.15, 0.2) is 0 Å². The molecule has 3 aromatic rings. The minimum absolute atomic E-state index is 0.0375. The van der Waals surface area contributed by atoms with Crippen LogP contribution in [-0.4, -0.2) is 92.1 Å². The van der Waals surface area contributed by atoms with E-state index in [0.717, 1.165) is 62.6 Å². The van der Waals surface area contributed by atoms with E-state index in [1.807, 2.05) is 11.0 Å². The third-order valence-electron chi connectivity index (χ3n) is 10.1. The molecule has 2 saturated carbocycles. The van der Waals surface area contributed by atoms with Crippen LogP contribution in [-0.2, 0) is 0 Å². The Morgan fingerprint density at radius 3 is 2.33 bits per heavy atom. The maximum atomic E-state index is 13.5. The van der Waals surface area contributed by atoms with Gasteiger partial charge in [-0.05, 0) is 49.8 Å². The Labute approximate surface area is 252 Å². The molecular weight excluding hydrogens is 544 g/mol. The highest BCUT2D eigenvalue weighted by atomic mass is 16.3. The maximum absolute atomic E-state index is 13.5. The predicted octanol–water partition coefficient (Wildman–Crippen LogP) is 3.60. The van der Waals surface area contributed by atoms with Crippen molar-refractivity contribution in [3.63, 3.8) is 0 Å². The molecule has 2 saturated heterocycles. The number of likely N-dealkylation sites (tertiary alicyclic amines) is 1. The first-order valence-electron chi connectivity index (χ1n) is 15.9. The van der Waals surface area contributed by atoms with Gasteiger partial charge in [0, 0.05) is 75.9 Å². The molecule has 11 heteroatoms. The summed E-state index contributed by atoms with van der Waals surface area (Å²) in [5.74, 6) is 1.34. The van der Waals surface area contributed by atoms with Gasteiger partial charge in [0.25, 0.3) is 11.8 Å². The van der Waals surface area contributed by atoms with E-state index in [1.54, 1.807) is 43.5 Å². The van der Waals surface area contributed by atoms with Gasteiger partial charge < -0.3 is 30.1 Å². The van der Waals surface area contributed by atoms with Gasteiger partial charge in [-0.15, -0.1) is 0 Å². The third-order valence-corrected chi connectivity index (χ3v) is 10.1. The highest BCUT2D eigenvalue weighted by Gasteiger charge is 2.58. The van der Waals surface area contributed by atoms with Gasteiger partial charge in [0.2, 0.25) is 5.95 Å². The second kappa shape index (κ2) is 11.2. The lowest BCUT2D eigenvalue weighted by Gasteiger charge is -2.53. The van der Waals surface area contributed by atoms with Gasteiger partial charge >= 0.3 is 0 Å². The fraction of sp³-hybridized carbons (Fsp3) is 0.594. The monoisotopic (exact) mass is 586 g/mol. The largest absolute Gasteiger partial charge is 0.389 e. The molecule has 228 valence electrons. The molecule has 4 fully saturated rings. The summed E-state index contributed by atoms with van der Waals surface area (Å²) in [5.41, 5.74) is 1.27. The second-order valence-corrected chi connectivity index (χ2v) is 13.2. The fourth-order valence-electron chi connectivity index (χ4n) is 7.74. The van der Waals surface area contributed by atoms with Crippen molar-refractivity contribution >= 4 is 34.6 Å². The van der Waals surface area contributed by atoms with Crippen LogP contribution in [0.3, 0.4) is 0 Å². The first-order chi connectivity index (χ1) is 20.8. The van der Waals surface area contributed by atoms with Gasteiger partial charge in [0.1, 0.15) is 17.2 Å². The Balaban J connectivity index is 1.10. The van der Waals surface area contributed by atoms with Gasteiger partial charge in [-0.25, -0.2) is 9.97 Å². The third kappa shape index (κ3) is 5.16. The highest BCUT2D eigenvalue weighted by Crippen LogP contribution is 2.51. The average molecular weight is 587 g/mol. The molecule has 43 heavy (non-hydrogen) atoms. The Hall–Kier alpha value is -3.57. The molecule has 2 aliphatic heterocycles. The SMILES string of the molecule is CN(C)C(=O)c1cc2cnc(Nc3ccc(C(=O)N4CC5CNC[C@@H](C4)C5(O)C4CC4)cn3)nc2n1C1CCCCCC1. The van der Waals surface area contributed by atoms with Crippen molar-refractivity contribution < 1.29 is 14.7 Å². The molecule has 0 aromatic carbocycles. The number of anilines is 2. The maximum Gasteiger partial charge on any atom is 0.270 e. The molecule has 7 rings (SSSR count). The number of carbonyl (C=O) groups excluding carboxylic acids is 2. The van der Waals surface area contributed by atoms with Crippen LogP contribution in [0.25, 0.3) is 11.0 Å². The Morgan fingerprint density at radius 1 is 0.977 bits per heavy atom. The van der Waals surface area contributed by atoms with Crippen LogP contribution in [0.2, 0.25) is 0 Å². The summed E-state index contributed by atoms with van der Waals surface area (Å²) in [5, 5.41) is 19.0. The highest BCUT2D eigenvalue weighted by molar-refractivity contribution is 5.98. The molecular formula is C32H42N8O3. The summed E-state index contributed by atoms with van der Waals surface area (Å²) in [6.45, 7) is 2.60. The number of rotatable bonds is 6. The van der Waals surface area contributed by atoms with Crippen molar-refractivity contribution in [2.24, 2.45) is 17.8 Å². The lowest BCUT2D eigenvalue weighted by molar-refractivity contribution is -0.138. The number of aliphatic hydroxyl groups is 1. The van der Waals surface area contributed by atoms with E-state index in [0.29, 0.717) is 42.0 Å². The molecule has 0 radical (unpaired) electrons. The van der Waals surface area contributed by atoms with Gasteiger partial charge in [0.05, 0.1) is 11.2 Å². The first-order valence-corrected chi connectivity index (χ1v) is 15.9. The number of piperidine rings is 2. The summed E-state index contributed by atoms with van der Waals surface area (Å²) in [6.07, 6.45) is 12.3. The van der Waals surface area contributed by atoms with E-state index in [9.17, 15) is 14.7 Å². The van der Waals surface area contributed by atoms with Gasteiger partial charge in [-0.3, -0.25) is 9.59 Å². The lowest BCUT2D eigenvalue weighted by Crippen LogP contribution is -2.68. The van der Waals surface area contributed by atoms with E-state index in [4.69, 9.17) is 4.98 Å². The van der Waals surface area contributed by atoms with Crippen LogP contribution in [0.1, 0.15) is 78.3 Å². The van der Waals surface area contributed by atoms with Crippen molar-refractivity contribution in [2.45, 2.75) is 63.0 Å². The molecule has 2 bridgehead atoms. The van der Waals surface area contributed by atoms with Crippen molar-refractivity contribution in [1.82, 2.24) is 34.6 Å². The van der Waals surface area contributed by atoms with Crippen LogP contribution < -0.4 is 10.6 Å². The average Bonchev–Trinajstić information content (AvgIpc) is 3.82. The second-order valence-electron chi connectivity index (χ2n) is 13.2. The molecule has 11 nitrogen and oxygen atoms in total. The Bertz CT molecular complexity index is 1490. The number of nitrogens with one attached hydrogen (secondary N) is 2. The molecule has 3 atom stereocenters. The number of hydrogen-bond donors (Lipinski definition) is 3. The zero-order chi connectivity index (χ0) is 29.7. The van der Waals surface area contributed by atoms with Crippen LogP contribution in [0.5, 0.6) is 0 Å². The topological polar surface area (TPSA) is 129 Å². The smallest absolute Gasteiger partial charge is 0.270 e. The van der Waals surface area contributed by atoms with Crippen molar-refractivity contribution in [2.75, 3.05) is 45.6 Å². The summed E-state index contributed by atoms with van der Waals surface area (Å²) in [6, 6.07) is 5.68. The zero-order valence-corrected chi connectivity index (χ0v) is 25.1. The molecule has 2 amide bonds. The van der Waals surface area contributed by atoms with Gasteiger partial charge in [-0.1, -0.05) is 25.7 Å². The van der Waals surface area contributed by atoms with E-state index in [2.05, 4.69) is 25.2 Å². The first kappa shape index (κ1) is 28.2. The van der Waals surface area contributed by atoms with E-state index in [1.165, 1.54) is 12.8 Å². The fourth-order valence-corrected chi connectivity index (χ4v) is 7.74. The van der Waals surface area contributed by atoms with Gasteiger partial charge in [-0.2, -0.15) is 4.98 Å². The summed E-state index contributed by atoms with van der Waals surface area (Å²) in [7, 11) is 3.55. The van der Waals surface area contributed by atoms with Crippen LogP contribution in [0.4, 0.5) is 11.8 Å². The molecule has 0 spiro atoms.